The number of aliphatic hydroxyl groups excluding tert-OH is 1. The summed E-state index contributed by atoms with van der Waals surface area (Å²) in [5, 5.41) is 8.84. The summed E-state index contributed by atoms with van der Waals surface area (Å²) in [5.41, 5.74) is 0. The third-order valence-electron chi connectivity index (χ3n) is 4.37. The van der Waals surface area contributed by atoms with Crippen LogP contribution in [-0.4, -0.2) is 84.2 Å². The Bertz CT molecular complexity index is 290. The second kappa shape index (κ2) is 7.22. The van der Waals surface area contributed by atoms with Crippen LogP contribution in [0.15, 0.2) is 0 Å². The predicted octanol–water partition coefficient (Wildman–Crippen LogP) is -0.00270. The van der Waals surface area contributed by atoms with Gasteiger partial charge in [0, 0.05) is 39.3 Å². The first-order valence-electron chi connectivity index (χ1n) is 7.62. The van der Waals surface area contributed by atoms with Gasteiger partial charge in [-0.3, -0.25) is 14.6 Å². The maximum atomic E-state index is 12.5. The first-order chi connectivity index (χ1) is 9.26. The second-order valence-electron chi connectivity index (χ2n) is 5.53. The Labute approximate surface area is 116 Å². The van der Waals surface area contributed by atoms with E-state index in [0.717, 1.165) is 65.1 Å². The number of carbonyl (C=O) groups excluding carboxylic acids is 1. The van der Waals surface area contributed by atoms with E-state index in [-0.39, 0.29) is 12.6 Å². The van der Waals surface area contributed by atoms with E-state index in [1.807, 2.05) is 4.90 Å². The Kier molecular flexibility index (Phi) is 5.60. The first kappa shape index (κ1) is 14.8. The Morgan fingerprint density at radius 2 is 1.95 bits per heavy atom. The molecule has 2 fully saturated rings. The predicted molar refractivity (Wildman–Crippen MR) is 75.0 cm³/mol. The highest BCUT2D eigenvalue weighted by atomic mass is 16.3. The van der Waals surface area contributed by atoms with E-state index in [1.54, 1.807) is 0 Å². The van der Waals surface area contributed by atoms with Gasteiger partial charge >= 0.3 is 0 Å². The van der Waals surface area contributed by atoms with Crippen LogP contribution in [0.2, 0.25) is 0 Å². The molecule has 0 saturated carbocycles. The average Bonchev–Trinajstić information content (AvgIpc) is 2.93. The van der Waals surface area contributed by atoms with Crippen LogP contribution in [0.3, 0.4) is 0 Å². The summed E-state index contributed by atoms with van der Waals surface area (Å²) in [6.07, 6.45) is 3.01. The lowest BCUT2D eigenvalue weighted by molar-refractivity contribution is -0.137. The van der Waals surface area contributed by atoms with Crippen LogP contribution < -0.4 is 0 Å². The first-order valence-corrected chi connectivity index (χ1v) is 7.62. The molecule has 110 valence electrons. The molecule has 0 aromatic carbocycles. The van der Waals surface area contributed by atoms with Crippen molar-refractivity contribution in [1.29, 1.82) is 0 Å². The molecule has 5 heteroatoms. The number of rotatable bonds is 5. The van der Waals surface area contributed by atoms with Crippen LogP contribution in [0.25, 0.3) is 0 Å². The fourth-order valence-corrected chi connectivity index (χ4v) is 3.18. The molecule has 2 heterocycles. The topological polar surface area (TPSA) is 47.0 Å². The minimum Gasteiger partial charge on any atom is -0.396 e. The zero-order valence-electron chi connectivity index (χ0n) is 12.1. The summed E-state index contributed by atoms with van der Waals surface area (Å²) in [6.45, 7) is 8.98. The maximum absolute atomic E-state index is 12.5. The van der Waals surface area contributed by atoms with Gasteiger partial charge in [0.15, 0.2) is 0 Å². The van der Waals surface area contributed by atoms with Crippen molar-refractivity contribution in [3.63, 3.8) is 0 Å². The number of likely N-dealkylation sites (tertiary alicyclic amines) is 1. The molecule has 1 amide bonds. The molecule has 2 rings (SSSR count). The Hall–Kier alpha value is -0.650. The fourth-order valence-electron chi connectivity index (χ4n) is 3.18. The van der Waals surface area contributed by atoms with E-state index >= 15 is 0 Å². The second-order valence-corrected chi connectivity index (χ2v) is 5.53. The molecule has 2 aliphatic rings. The van der Waals surface area contributed by atoms with Crippen LogP contribution in [0.5, 0.6) is 0 Å². The molecule has 1 atom stereocenters. The molecule has 2 aliphatic heterocycles. The van der Waals surface area contributed by atoms with Crippen molar-refractivity contribution < 1.29 is 9.90 Å². The van der Waals surface area contributed by atoms with Gasteiger partial charge in [-0.1, -0.05) is 6.92 Å². The summed E-state index contributed by atoms with van der Waals surface area (Å²) in [6, 6.07) is 0.133. The van der Waals surface area contributed by atoms with Gasteiger partial charge in [0.2, 0.25) is 5.91 Å². The Morgan fingerprint density at radius 3 is 2.58 bits per heavy atom. The van der Waals surface area contributed by atoms with Crippen LogP contribution in [-0.2, 0) is 4.79 Å². The summed E-state index contributed by atoms with van der Waals surface area (Å²) in [7, 11) is 0. The number of amides is 1. The number of piperazine rings is 1. The minimum atomic E-state index is 0.133. The molecule has 0 unspecified atom stereocenters. The quantitative estimate of drug-likeness (QED) is 0.763. The average molecular weight is 269 g/mol. The van der Waals surface area contributed by atoms with E-state index in [1.165, 1.54) is 0 Å². The van der Waals surface area contributed by atoms with Crippen molar-refractivity contribution in [1.82, 2.24) is 14.7 Å². The third kappa shape index (κ3) is 3.68. The van der Waals surface area contributed by atoms with E-state index in [4.69, 9.17) is 5.11 Å². The van der Waals surface area contributed by atoms with E-state index in [2.05, 4.69) is 16.7 Å². The molecule has 0 spiro atoms. The number of carbonyl (C=O) groups is 1. The van der Waals surface area contributed by atoms with Gasteiger partial charge in [0.25, 0.3) is 0 Å². The molecule has 0 radical (unpaired) electrons. The standard InChI is InChI=1S/C14H27N3O2/c1-2-16-7-3-5-13(16)14(19)17-10-8-15(9-11-17)6-4-12-18/h13,18H,2-12H2,1H3/t13-/m0/s1. The van der Waals surface area contributed by atoms with Crippen LogP contribution in [0.1, 0.15) is 26.2 Å². The van der Waals surface area contributed by atoms with Gasteiger partial charge < -0.3 is 10.0 Å². The number of hydrogen-bond donors (Lipinski definition) is 1. The molecule has 0 bridgehead atoms. The highest BCUT2D eigenvalue weighted by Crippen LogP contribution is 2.19. The Balaban J connectivity index is 1.79. The van der Waals surface area contributed by atoms with E-state index < -0.39 is 0 Å². The lowest BCUT2D eigenvalue weighted by Gasteiger charge is -2.37. The van der Waals surface area contributed by atoms with Crippen molar-refractivity contribution in [2.45, 2.75) is 32.2 Å². The lowest BCUT2D eigenvalue weighted by Crippen LogP contribution is -2.53. The summed E-state index contributed by atoms with van der Waals surface area (Å²) in [4.78, 5) is 19.2. The Morgan fingerprint density at radius 1 is 1.21 bits per heavy atom. The SMILES string of the molecule is CCN1CCC[C@H]1C(=O)N1CCN(CCCO)CC1. The van der Waals surface area contributed by atoms with Gasteiger partial charge in [-0.05, 0) is 32.4 Å². The minimum absolute atomic E-state index is 0.133. The van der Waals surface area contributed by atoms with Crippen LogP contribution in [0, 0.1) is 0 Å². The molecular weight excluding hydrogens is 242 g/mol. The molecule has 0 aliphatic carbocycles. The number of likely N-dealkylation sites (N-methyl/N-ethyl adjacent to an activating group) is 1. The summed E-state index contributed by atoms with van der Waals surface area (Å²) < 4.78 is 0. The number of hydrogen-bond acceptors (Lipinski definition) is 4. The largest absolute Gasteiger partial charge is 0.396 e. The van der Waals surface area contributed by atoms with Crippen molar-refractivity contribution in [3.05, 3.63) is 0 Å². The number of aliphatic hydroxyl groups is 1. The zero-order chi connectivity index (χ0) is 13.7. The van der Waals surface area contributed by atoms with Gasteiger partial charge in [-0.25, -0.2) is 0 Å². The van der Waals surface area contributed by atoms with Crippen LogP contribution in [0.4, 0.5) is 0 Å². The van der Waals surface area contributed by atoms with Crippen molar-refractivity contribution >= 4 is 5.91 Å². The zero-order valence-corrected chi connectivity index (χ0v) is 12.1. The molecular formula is C14H27N3O2. The molecule has 19 heavy (non-hydrogen) atoms. The molecule has 0 aromatic rings. The van der Waals surface area contributed by atoms with Crippen molar-refractivity contribution in [2.24, 2.45) is 0 Å². The van der Waals surface area contributed by atoms with Gasteiger partial charge in [0.05, 0.1) is 6.04 Å². The summed E-state index contributed by atoms with van der Waals surface area (Å²) >= 11 is 0. The van der Waals surface area contributed by atoms with Gasteiger partial charge in [0.1, 0.15) is 0 Å². The monoisotopic (exact) mass is 269 g/mol. The van der Waals surface area contributed by atoms with Gasteiger partial charge in [-0.2, -0.15) is 0 Å². The lowest BCUT2D eigenvalue weighted by atomic mass is 10.1. The maximum Gasteiger partial charge on any atom is 0.240 e. The van der Waals surface area contributed by atoms with Gasteiger partial charge in [-0.15, -0.1) is 0 Å². The van der Waals surface area contributed by atoms with Crippen LogP contribution >= 0.6 is 0 Å². The highest BCUT2D eigenvalue weighted by Gasteiger charge is 2.33. The molecule has 0 aromatic heterocycles. The fraction of sp³-hybridized carbons (Fsp3) is 0.929. The third-order valence-corrected chi connectivity index (χ3v) is 4.37. The highest BCUT2D eigenvalue weighted by molar-refractivity contribution is 5.82. The molecule has 1 N–H and O–H groups in total. The van der Waals surface area contributed by atoms with E-state index in [0.29, 0.717) is 5.91 Å². The molecule has 2 saturated heterocycles. The smallest absolute Gasteiger partial charge is 0.240 e. The number of nitrogens with zero attached hydrogens (tertiary/aromatic N) is 3. The van der Waals surface area contributed by atoms with Crippen molar-refractivity contribution in [2.75, 3.05) is 52.4 Å². The molecule has 5 nitrogen and oxygen atoms in total. The van der Waals surface area contributed by atoms with Crippen molar-refractivity contribution in [3.8, 4) is 0 Å². The normalized spacial score (nSPS) is 26.0. The van der Waals surface area contributed by atoms with E-state index in [9.17, 15) is 4.79 Å². The summed E-state index contributed by atoms with van der Waals surface area (Å²) in [5.74, 6) is 0.334.